The lowest BCUT2D eigenvalue weighted by Crippen LogP contribution is -2.42. The number of rotatable bonds is 6. The van der Waals surface area contributed by atoms with Crippen LogP contribution in [0.5, 0.6) is 0 Å². The average molecular weight is 272 g/mol. The molecule has 0 aliphatic heterocycles. The van der Waals surface area contributed by atoms with Crippen molar-refractivity contribution in [2.75, 3.05) is 20.2 Å². The van der Waals surface area contributed by atoms with E-state index in [9.17, 15) is 9.59 Å². The zero-order valence-electron chi connectivity index (χ0n) is 11.6. The summed E-state index contributed by atoms with van der Waals surface area (Å²) < 4.78 is 5.03. The lowest BCUT2D eigenvalue weighted by atomic mass is 9.82. The lowest BCUT2D eigenvalue weighted by molar-refractivity contribution is -0.143. The Morgan fingerprint density at radius 3 is 2.42 bits per heavy atom. The summed E-state index contributed by atoms with van der Waals surface area (Å²) in [6.45, 7) is 2.97. The van der Waals surface area contributed by atoms with Gasteiger partial charge in [0.1, 0.15) is 0 Å². The summed E-state index contributed by atoms with van der Waals surface area (Å²) in [5, 5.41) is 14.4. The number of ether oxygens (including phenoxy) is 1. The number of hydrogen-bond acceptors (Lipinski definition) is 3. The molecule has 1 saturated carbocycles. The molecule has 2 amide bonds. The molecule has 1 atom stereocenters. The topological polar surface area (TPSA) is 87.7 Å². The summed E-state index contributed by atoms with van der Waals surface area (Å²) in [5.74, 6) is -0.508. The van der Waals surface area contributed by atoms with E-state index >= 15 is 0 Å². The van der Waals surface area contributed by atoms with Crippen LogP contribution < -0.4 is 10.6 Å². The molecule has 6 heteroatoms. The summed E-state index contributed by atoms with van der Waals surface area (Å²) in [7, 11) is 1.60. The first kappa shape index (κ1) is 15.8. The van der Waals surface area contributed by atoms with E-state index in [0.29, 0.717) is 31.8 Å². The van der Waals surface area contributed by atoms with Gasteiger partial charge in [-0.1, -0.05) is 0 Å². The van der Waals surface area contributed by atoms with Gasteiger partial charge in [0.2, 0.25) is 0 Å². The number of aliphatic carboxylic acids is 1. The highest BCUT2D eigenvalue weighted by Gasteiger charge is 2.25. The second-order valence-electron chi connectivity index (χ2n) is 5.19. The number of amides is 2. The standard InChI is InChI=1S/C13H24N2O4/c1-9(19-2)7-14-13(18)15-8-10-3-5-11(6-4-10)12(16)17/h9-11H,3-8H2,1-2H3,(H,16,17)(H2,14,15,18). The number of nitrogens with one attached hydrogen (secondary N) is 2. The Bertz CT molecular complexity index is 301. The molecule has 0 heterocycles. The molecule has 0 spiro atoms. The lowest BCUT2D eigenvalue weighted by Gasteiger charge is -2.26. The summed E-state index contributed by atoms with van der Waals surface area (Å²) in [4.78, 5) is 22.3. The molecule has 0 saturated heterocycles. The highest BCUT2D eigenvalue weighted by molar-refractivity contribution is 5.73. The molecule has 110 valence electrons. The fraction of sp³-hybridized carbons (Fsp3) is 0.846. The average Bonchev–Trinajstić information content (AvgIpc) is 2.42. The highest BCUT2D eigenvalue weighted by atomic mass is 16.5. The van der Waals surface area contributed by atoms with Crippen molar-refractivity contribution < 1.29 is 19.4 Å². The second kappa shape index (κ2) is 7.99. The first-order valence-corrected chi connectivity index (χ1v) is 6.80. The Morgan fingerprint density at radius 1 is 1.26 bits per heavy atom. The minimum absolute atomic E-state index is 0.00300. The predicted molar refractivity (Wildman–Crippen MR) is 71.0 cm³/mol. The van der Waals surface area contributed by atoms with Crippen molar-refractivity contribution in [3.05, 3.63) is 0 Å². The Morgan fingerprint density at radius 2 is 1.89 bits per heavy atom. The molecule has 0 aromatic heterocycles. The van der Waals surface area contributed by atoms with E-state index in [1.54, 1.807) is 7.11 Å². The monoisotopic (exact) mass is 272 g/mol. The van der Waals surface area contributed by atoms with E-state index in [1.165, 1.54) is 0 Å². The molecule has 1 aliphatic rings. The number of methoxy groups -OCH3 is 1. The maximum Gasteiger partial charge on any atom is 0.314 e. The van der Waals surface area contributed by atoms with Gasteiger partial charge in [-0.15, -0.1) is 0 Å². The van der Waals surface area contributed by atoms with Gasteiger partial charge in [-0.3, -0.25) is 4.79 Å². The van der Waals surface area contributed by atoms with Crippen LogP contribution in [0.25, 0.3) is 0 Å². The molecule has 1 aliphatic carbocycles. The van der Waals surface area contributed by atoms with Crippen molar-refractivity contribution in [1.29, 1.82) is 0 Å². The van der Waals surface area contributed by atoms with Crippen LogP contribution in [0.4, 0.5) is 4.79 Å². The normalized spacial score (nSPS) is 24.5. The van der Waals surface area contributed by atoms with Crippen molar-refractivity contribution in [2.45, 2.75) is 38.7 Å². The molecular weight excluding hydrogens is 248 g/mol. The third kappa shape index (κ3) is 5.92. The number of carboxylic acid groups (broad SMARTS) is 1. The fourth-order valence-electron chi connectivity index (χ4n) is 2.23. The molecule has 0 bridgehead atoms. The maximum atomic E-state index is 11.5. The van der Waals surface area contributed by atoms with Gasteiger partial charge in [-0.05, 0) is 38.5 Å². The minimum atomic E-state index is -0.697. The van der Waals surface area contributed by atoms with Gasteiger partial charge in [0.05, 0.1) is 12.0 Å². The van der Waals surface area contributed by atoms with Crippen LogP contribution in [0.2, 0.25) is 0 Å². The number of carbonyl (C=O) groups is 2. The maximum absolute atomic E-state index is 11.5. The third-order valence-electron chi connectivity index (χ3n) is 3.70. The molecule has 19 heavy (non-hydrogen) atoms. The predicted octanol–water partition coefficient (Wildman–Crippen LogP) is 1.21. The number of urea groups is 1. The van der Waals surface area contributed by atoms with Crippen molar-refractivity contribution in [1.82, 2.24) is 10.6 Å². The van der Waals surface area contributed by atoms with Crippen molar-refractivity contribution >= 4 is 12.0 Å². The van der Waals surface area contributed by atoms with Crippen LogP contribution >= 0.6 is 0 Å². The Labute approximate surface area is 113 Å². The smallest absolute Gasteiger partial charge is 0.314 e. The summed E-state index contributed by atoms with van der Waals surface area (Å²) in [5.41, 5.74) is 0. The van der Waals surface area contributed by atoms with Crippen molar-refractivity contribution in [3.63, 3.8) is 0 Å². The van der Waals surface area contributed by atoms with Crippen molar-refractivity contribution in [3.8, 4) is 0 Å². The van der Waals surface area contributed by atoms with Crippen LogP contribution in [0, 0.1) is 11.8 Å². The number of hydrogen-bond donors (Lipinski definition) is 3. The second-order valence-corrected chi connectivity index (χ2v) is 5.19. The molecule has 0 aromatic rings. The zero-order chi connectivity index (χ0) is 14.3. The molecule has 1 fully saturated rings. The van der Waals surface area contributed by atoms with E-state index < -0.39 is 5.97 Å². The fourth-order valence-corrected chi connectivity index (χ4v) is 2.23. The van der Waals surface area contributed by atoms with Crippen LogP contribution in [-0.2, 0) is 9.53 Å². The van der Waals surface area contributed by atoms with Crippen LogP contribution in [-0.4, -0.2) is 43.4 Å². The summed E-state index contributed by atoms with van der Waals surface area (Å²) in [6, 6.07) is -0.191. The van der Waals surface area contributed by atoms with Crippen molar-refractivity contribution in [2.24, 2.45) is 11.8 Å². The Kier molecular flexibility index (Phi) is 6.62. The van der Waals surface area contributed by atoms with Gasteiger partial charge >= 0.3 is 12.0 Å². The van der Waals surface area contributed by atoms with E-state index in [-0.39, 0.29) is 18.1 Å². The van der Waals surface area contributed by atoms with Gasteiger partial charge in [-0.25, -0.2) is 4.79 Å². The van der Waals surface area contributed by atoms with E-state index in [4.69, 9.17) is 9.84 Å². The number of carboxylic acids is 1. The van der Waals surface area contributed by atoms with Gasteiger partial charge in [0, 0.05) is 20.2 Å². The largest absolute Gasteiger partial charge is 0.481 e. The van der Waals surface area contributed by atoms with Gasteiger partial charge in [0.15, 0.2) is 0 Å². The van der Waals surface area contributed by atoms with E-state index in [2.05, 4.69) is 10.6 Å². The molecule has 1 unspecified atom stereocenters. The molecule has 1 rings (SSSR count). The quantitative estimate of drug-likeness (QED) is 0.678. The molecular formula is C13H24N2O4. The van der Waals surface area contributed by atoms with Gasteiger partial charge in [0.25, 0.3) is 0 Å². The molecule has 6 nitrogen and oxygen atoms in total. The van der Waals surface area contributed by atoms with Gasteiger partial charge in [-0.2, -0.15) is 0 Å². The van der Waals surface area contributed by atoms with E-state index in [1.807, 2.05) is 6.92 Å². The third-order valence-corrected chi connectivity index (χ3v) is 3.70. The van der Waals surface area contributed by atoms with Crippen LogP contribution in [0.1, 0.15) is 32.6 Å². The Balaban J connectivity index is 2.13. The number of carbonyl (C=O) groups excluding carboxylic acids is 1. The Hall–Kier alpha value is -1.30. The molecule has 0 radical (unpaired) electrons. The summed E-state index contributed by atoms with van der Waals surface area (Å²) >= 11 is 0. The summed E-state index contributed by atoms with van der Waals surface area (Å²) in [6.07, 6.45) is 3.16. The molecule has 3 N–H and O–H groups in total. The van der Waals surface area contributed by atoms with E-state index in [0.717, 1.165) is 12.8 Å². The highest BCUT2D eigenvalue weighted by Crippen LogP contribution is 2.28. The first-order chi connectivity index (χ1) is 9.02. The van der Waals surface area contributed by atoms with Crippen LogP contribution in [0.15, 0.2) is 0 Å². The molecule has 0 aromatic carbocycles. The van der Waals surface area contributed by atoms with Gasteiger partial charge < -0.3 is 20.5 Å². The van der Waals surface area contributed by atoms with Crippen LogP contribution in [0.3, 0.4) is 0 Å². The first-order valence-electron chi connectivity index (χ1n) is 6.80. The SMILES string of the molecule is COC(C)CNC(=O)NCC1CCC(C(=O)O)CC1. The minimum Gasteiger partial charge on any atom is -0.481 e. The zero-order valence-corrected chi connectivity index (χ0v) is 11.6.